The third-order valence-corrected chi connectivity index (χ3v) is 5.54. The molecular formula is C23H20FN3O3. The minimum Gasteiger partial charge on any atom is -0.504 e. The summed E-state index contributed by atoms with van der Waals surface area (Å²) in [6.45, 7) is 0. The Hall–Kier alpha value is -3.79. The number of allylic oxidation sites excluding steroid dienone is 3. The number of benzene rings is 2. The van der Waals surface area contributed by atoms with Crippen molar-refractivity contribution in [2.45, 2.75) is 25.2 Å². The van der Waals surface area contributed by atoms with Gasteiger partial charge in [0.1, 0.15) is 11.6 Å². The van der Waals surface area contributed by atoms with Crippen molar-refractivity contribution < 1.29 is 19.0 Å². The lowest BCUT2D eigenvalue weighted by molar-refractivity contribution is -0.116. The Morgan fingerprint density at radius 2 is 1.97 bits per heavy atom. The molecule has 4 rings (SSSR count). The molecule has 1 unspecified atom stereocenters. The number of halogens is 1. The number of phenolic OH excluding ortho intramolecular Hbond substituents is 1. The standard InChI is InChI=1S/C23H20FN3O3/c1-30-20-11-13(5-10-18(20)28)21-16(12-25)23(26)27(15-8-6-14(24)7-9-15)17-3-2-4-19(29)22(17)21/h5-11,21,28H,2-4,26H2,1H3. The summed E-state index contributed by atoms with van der Waals surface area (Å²) in [7, 11) is 1.43. The Kier molecular flexibility index (Phi) is 4.92. The smallest absolute Gasteiger partial charge is 0.161 e. The van der Waals surface area contributed by atoms with Crippen molar-refractivity contribution in [1.29, 1.82) is 5.26 Å². The van der Waals surface area contributed by atoms with E-state index < -0.39 is 5.92 Å². The van der Waals surface area contributed by atoms with Crippen LogP contribution in [0, 0.1) is 17.1 Å². The van der Waals surface area contributed by atoms with Crippen molar-refractivity contribution in [1.82, 2.24) is 0 Å². The molecule has 0 saturated heterocycles. The highest BCUT2D eigenvalue weighted by Gasteiger charge is 2.40. The molecule has 30 heavy (non-hydrogen) atoms. The first kappa shape index (κ1) is 19.5. The van der Waals surface area contributed by atoms with Crippen LogP contribution in [-0.4, -0.2) is 18.0 Å². The van der Waals surface area contributed by atoms with Gasteiger partial charge in [0.2, 0.25) is 0 Å². The number of ether oxygens (including phenoxy) is 1. The average Bonchev–Trinajstić information content (AvgIpc) is 2.74. The minimum absolute atomic E-state index is 0.0374. The summed E-state index contributed by atoms with van der Waals surface area (Å²) < 4.78 is 18.7. The van der Waals surface area contributed by atoms with Gasteiger partial charge in [-0.15, -0.1) is 0 Å². The second-order valence-electron chi connectivity index (χ2n) is 7.22. The van der Waals surface area contributed by atoms with Gasteiger partial charge in [-0.05, 0) is 54.8 Å². The number of phenols is 1. The quantitative estimate of drug-likeness (QED) is 0.805. The molecule has 7 heteroatoms. The molecule has 152 valence electrons. The number of carbonyl (C=O) groups is 1. The molecule has 0 radical (unpaired) electrons. The topological polar surface area (TPSA) is 99.6 Å². The second-order valence-corrected chi connectivity index (χ2v) is 7.22. The van der Waals surface area contributed by atoms with Gasteiger partial charge in [0.05, 0.1) is 24.7 Å². The van der Waals surface area contributed by atoms with E-state index in [1.165, 1.54) is 25.3 Å². The molecule has 1 aliphatic heterocycles. The van der Waals surface area contributed by atoms with Gasteiger partial charge in [0, 0.05) is 23.4 Å². The number of Topliss-reactive ketones (excluding diaryl/α,β-unsaturated/α-hetero) is 1. The normalized spacial score (nSPS) is 18.9. The van der Waals surface area contributed by atoms with Crippen LogP contribution in [-0.2, 0) is 4.79 Å². The molecule has 2 aromatic rings. The van der Waals surface area contributed by atoms with E-state index in [2.05, 4.69) is 6.07 Å². The van der Waals surface area contributed by atoms with E-state index in [0.29, 0.717) is 41.8 Å². The summed E-state index contributed by atoms with van der Waals surface area (Å²) in [6, 6.07) is 12.7. The highest BCUT2D eigenvalue weighted by molar-refractivity contribution is 6.01. The van der Waals surface area contributed by atoms with Crippen LogP contribution in [0.25, 0.3) is 0 Å². The Morgan fingerprint density at radius 1 is 1.23 bits per heavy atom. The molecule has 6 nitrogen and oxygen atoms in total. The molecule has 1 heterocycles. The maximum absolute atomic E-state index is 13.5. The van der Waals surface area contributed by atoms with Gasteiger partial charge in [-0.25, -0.2) is 4.39 Å². The van der Waals surface area contributed by atoms with Crippen molar-refractivity contribution in [3.05, 3.63) is 76.5 Å². The molecule has 3 N–H and O–H groups in total. The van der Waals surface area contributed by atoms with Gasteiger partial charge in [0.25, 0.3) is 0 Å². The minimum atomic E-state index is -0.663. The number of aromatic hydroxyl groups is 1. The molecule has 0 spiro atoms. The van der Waals surface area contributed by atoms with Crippen LogP contribution in [0.4, 0.5) is 10.1 Å². The predicted molar refractivity (Wildman–Crippen MR) is 109 cm³/mol. The van der Waals surface area contributed by atoms with Crippen LogP contribution in [0.3, 0.4) is 0 Å². The zero-order valence-electron chi connectivity index (χ0n) is 16.4. The number of nitrogens with two attached hydrogens (primary N) is 1. The molecule has 0 aromatic heterocycles. The van der Waals surface area contributed by atoms with Gasteiger partial charge < -0.3 is 15.6 Å². The molecule has 1 aliphatic carbocycles. The van der Waals surface area contributed by atoms with Crippen molar-refractivity contribution in [2.24, 2.45) is 5.73 Å². The maximum Gasteiger partial charge on any atom is 0.161 e. The van der Waals surface area contributed by atoms with Gasteiger partial charge in [-0.1, -0.05) is 6.07 Å². The number of anilines is 1. The lowest BCUT2D eigenvalue weighted by Gasteiger charge is -2.39. The summed E-state index contributed by atoms with van der Waals surface area (Å²) >= 11 is 0. The molecule has 2 aliphatic rings. The van der Waals surface area contributed by atoms with Gasteiger partial charge in [-0.2, -0.15) is 5.26 Å². The van der Waals surface area contributed by atoms with Crippen molar-refractivity contribution in [3.8, 4) is 17.6 Å². The highest BCUT2D eigenvalue weighted by atomic mass is 19.1. The molecular weight excluding hydrogens is 385 g/mol. The Morgan fingerprint density at radius 3 is 2.63 bits per heavy atom. The lowest BCUT2D eigenvalue weighted by Crippen LogP contribution is -2.38. The van der Waals surface area contributed by atoms with Crippen LogP contribution in [0.5, 0.6) is 11.5 Å². The van der Waals surface area contributed by atoms with Gasteiger partial charge >= 0.3 is 0 Å². The SMILES string of the molecule is COc1cc(C2C(C#N)=C(N)N(c3ccc(F)cc3)C3=C2C(=O)CCC3)ccc1O. The highest BCUT2D eigenvalue weighted by Crippen LogP contribution is 2.47. The fraction of sp³-hybridized carbons (Fsp3) is 0.217. The van der Waals surface area contributed by atoms with Crippen molar-refractivity contribution in [3.63, 3.8) is 0 Å². The number of ketones is 1. The van der Waals surface area contributed by atoms with Crippen LogP contribution >= 0.6 is 0 Å². The van der Waals surface area contributed by atoms with E-state index in [1.54, 1.807) is 29.2 Å². The number of carbonyl (C=O) groups excluding carboxylic acids is 1. The third-order valence-electron chi connectivity index (χ3n) is 5.54. The number of nitrogens with zero attached hydrogens (tertiary/aromatic N) is 2. The monoisotopic (exact) mass is 405 g/mol. The number of hydrogen-bond donors (Lipinski definition) is 2. The molecule has 0 amide bonds. The van der Waals surface area contributed by atoms with E-state index in [-0.39, 0.29) is 34.5 Å². The van der Waals surface area contributed by atoms with E-state index in [4.69, 9.17) is 10.5 Å². The van der Waals surface area contributed by atoms with Gasteiger partial charge in [0.15, 0.2) is 17.3 Å². The van der Waals surface area contributed by atoms with Crippen molar-refractivity contribution in [2.75, 3.05) is 12.0 Å². The zero-order valence-corrected chi connectivity index (χ0v) is 16.4. The maximum atomic E-state index is 13.5. The number of methoxy groups -OCH3 is 1. The van der Waals surface area contributed by atoms with E-state index in [9.17, 15) is 19.6 Å². The summed E-state index contributed by atoms with van der Waals surface area (Å²) in [5, 5.41) is 19.9. The molecule has 0 saturated carbocycles. The van der Waals surface area contributed by atoms with Crippen molar-refractivity contribution >= 4 is 11.5 Å². The number of nitriles is 1. The Labute approximate surface area is 173 Å². The largest absolute Gasteiger partial charge is 0.504 e. The summed E-state index contributed by atoms with van der Waals surface area (Å²) in [6.07, 6.45) is 1.64. The van der Waals surface area contributed by atoms with E-state index in [0.717, 1.165) is 0 Å². The zero-order chi connectivity index (χ0) is 21.4. The van der Waals surface area contributed by atoms with E-state index in [1.807, 2.05) is 0 Å². The third kappa shape index (κ3) is 3.07. The fourth-order valence-corrected chi connectivity index (χ4v) is 4.18. The second kappa shape index (κ2) is 7.56. The van der Waals surface area contributed by atoms with Crippen LogP contribution < -0.4 is 15.4 Å². The first-order valence-corrected chi connectivity index (χ1v) is 9.54. The molecule has 0 fully saturated rings. The molecule has 1 atom stereocenters. The first-order valence-electron chi connectivity index (χ1n) is 9.54. The lowest BCUT2D eigenvalue weighted by atomic mass is 9.75. The van der Waals surface area contributed by atoms with Crippen LogP contribution in [0.1, 0.15) is 30.7 Å². The van der Waals surface area contributed by atoms with E-state index >= 15 is 0 Å². The number of hydrogen-bond acceptors (Lipinski definition) is 6. The van der Waals surface area contributed by atoms with Crippen LogP contribution in [0.2, 0.25) is 0 Å². The average molecular weight is 405 g/mol. The predicted octanol–water partition coefficient (Wildman–Crippen LogP) is 3.84. The molecule has 0 bridgehead atoms. The Bertz CT molecular complexity index is 1130. The molecule has 2 aromatic carbocycles. The summed E-state index contributed by atoms with van der Waals surface area (Å²) in [5.41, 5.74) is 9.11. The van der Waals surface area contributed by atoms with Crippen LogP contribution in [0.15, 0.2) is 65.1 Å². The van der Waals surface area contributed by atoms with Gasteiger partial charge in [-0.3, -0.25) is 9.69 Å². The Balaban J connectivity index is 1.96. The fourth-order valence-electron chi connectivity index (χ4n) is 4.18. The first-order chi connectivity index (χ1) is 14.5. The summed E-state index contributed by atoms with van der Waals surface area (Å²) in [4.78, 5) is 14.7. The number of rotatable bonds is 3. The summed E-state index contributed by atoms with van der Waals surface area (Å²) in [5.74, 6) is -0.694.